The van der Waals surface area contributed by atoms with Gasteiger partial charge in [-0.2, -0.15) is 18.2 Å². The van der Waals surface area contributed by atoms with Crippen LogP contribution >= 0.6 is 0 Å². The highest BCUT2D eigenvalue weighted by molar-refractivity contribution is 7.85. The van der Waals surface area contributed by atoms with Crippen LogP contribution in [0.3, 0.4) is 0 Å². The van der Waals surface area contributed by atoms with Crippen molar-refractivity contribution in [3.8, 4) is 11.3 Å². The highest BCUT2D eigenvalue weighted by atomic mass is 32.2. The van der Waals surface area contributed by atoms with Crippen LogP contribution in [-0.2, 0) is 26.4 Å². The monoisotopic (exact) mass is 556 g/mol. The number of anilines is 3. The summed E-state index contributed by atoms with van der Waals surface area (Å²) >= 11 is 0. The van der Waals surface area contributed by atoms with E-state index in [1.807, 2.05) is 4.90 Å². The summed E-state index contributed by atoms with van der Waals surface area (Å²) in [5, 5.41) is 0. The number of nitrogen functional groups attached to an aromatic ring is 1. The predicted molar refractivity (Wildman–Crippen MR) is 132 cm³/mol. The second kappa shape index (κ2) is 10.6. The maximum Gasteiger partial charge on any atom is 0.434 e. The van der Waals surface area contributed by atoms with Crippen molar-refractivity contribution in [1.82, 2.24) is 24.8 Å². The van der Waals surface area contributed by atoms with Gasteiger partial charge < -0.3 is 20.1 Å². The lowest BCUT2D eigenvalue weighted by Gasteiger charge is -2.32. The molecule has 0 saturated carbocycles. The van der Waals surface area contributed by atoms with Crippen LogP contribution in [0.1, 0.15) is 12.6 Å². The van der Waals surface area contributed by atoms with Crippen molar-refractivity contribution in [2.24, 2.45) is 0 Å². The van der Waals surface area contributed by atoms with Gasteiger partial charge in [0, 0.05) is 72.9 Å². The average molecular weight is 557 g/mol. The topological polar surface area (TPSA) is 140 Å². The number of nitrogens with two attached hydrogens (primary N) is 1. The van der Waals surface area contributed by atoms with Crippen molar-refractivity contribution in [3.63, 3.8) is 0 Å². The Morgan fingerprint density at radius 3 is 2.53 bits per heavy atom. The van der Waals surface area contributed by atoms with Crippen molar-refractivity contribution in [2.75, 3.05) is 73.0 Å². The number of morpholine rings is 1. The summed E-state index contributed by atoms with van der Waals surface area (Å²) in [5.74, 6) is 0.774. The number of alkyl halides is 3. The zero-order valence-electron chi connectivity index (χ0n) is 20.6. The number of hydrogen-bond donors (Lipinski definition) is 1. The van der Waals surface area contributed by atoms with Gasteiger partial charge in [0.15, 0.2) is 5.69 Å². The van der Waals surface area contributed by atoms with Gasteiger partial charge in [0.1, 0.15) is 11.9 Å². The number of rotatable bonds is 5. The number of ether oxygens (including phenoxy) is 2. The number of hydrogen-bond acceptors (Lipinski definition) is 11. The average Bonchev–Trinajstić information content (AvgIpc) is 3.17. The third kappa shape index (κ3) is 5.51. The van der Waals surface area contributed by atoms with Gasteiger partial charge in [0.25, 0.3) is 0 Å². The van der Waals surface area contributed by atoms with Gasteiger partial charge in [-0.1, -0.05) is 0 Å². The minimum absolute atomic E-state index is 0.0890. The van der Waals surface area contributed by atoms with Crippen molar-refractivity contribution < 1.29 is 31.6 Å². The van der Waals surface area contributed by atoms with Crippen LogP contribution in [0.15, 0.2) is 12.3 Å². The smallest absolute Gasteiger partial charge is 0.434 e. The molecule has 12 nitrogen and oxygen atoms in total. The zero-order valence-corrected chi connectivity index (χ0v) is 21.4. The molecule has 3 fully saturated rings. The lowest BCUT2D eigenvalue weighted by Crippen LogP contribution is -2.49. The SMILES string of the molecule is C[C@H]1OC(=O)N(c2nc(-c3cnc(N)nc3C(F)(F)F)cc(N3CCOCC3)n2)[C@H]1CN1CCS(=O)CC1. The molecule has 206 valence electrons. The van der Waals surface area contributed by atoms with E-state index in [0.29, 0.717) is 63.3 Å². The van der Waals surface area contributed by atoms with E-state index in [2.05, 4.69) is 24.8 Å². The number of aromatic nitrogens is 4. The number of amides is 1. The Labute approximate surface area is 218 Å². The van der Waals surface area contributed by atoms with Crippen molar-refractivity contribution in [2.45, 2.75) is 25.2 Å². The Bertz CT molecular complexity index is 1220. The molecule has 0 bridgehead atoms. The molecule has 5 rings (SSSR count). The van der Waals surface area contributed by atoms with Crippen LogP contribution < -0.4 is 15.5 Å². The first kappa shape index (κ1) is 26.5. The van der Waals surface area contributed by atoms with Gasteiger partial charge in [-0.15, -0.1) is 0 Å². The molecule has 2 aromatic heterocycles. The summed E-state index contributed by atoms with van der Waals surface area (Å²) in [6.07, 6.45) is -5.08. The largest absolute Gasteiger partial charge is 0.444 e. The molecular weight excluding hydrogens is 529 g/mol. The van der Waals surface area contributed by atoms with Crippen molar-refractivity contribution in [3.05, 3.63) is 18.0 Å². The predicted octanol–water partition coefficient (Wildman–Crippen LogP) is 1.15. The van der Waals surface area contributed by atoms with E-state index in [4.69, 9.17) is 15.2 Å². The number of cyclic esters (lactones) is 1. The van der Waals surface area contributed by atoms with Gasteiger partial charge in [0.2, 0.25) is 11.9 Å². The lowest BCUT2D eigenvalue weighted by atomic mass is 10.1. The van der Waals surface area contributed by atoms with Gasteiger partial charge >= 0.3 is 12.3 Å². The normalized spacial score (nSPS) is 23.6. The van der Waals surface area contributed by atoms with Crippen LogP contribution in [0, 0.1) is 0 Å². The summed E-state index contributed by atoms with van der Waals surface area (Å²) in [4.78, 5) is 34.4. The highest BCUT2D eigenvalue weighted by Crippen LogP contribution is 2.37. The molecule has 0 radical (unpaired) electrons. The van der Waals surface area contributed by atoms with Gasteiger partial charge in [-0.05, 0) is 6.92 Å². The van der Waals surface area contributed by atoms with E-state index in [1.165, 1.54) is 11.0 Å². The third-order valence-corrected chi connectivity index (χ3v) is 7.95. The molecule has 2 N–H and O–H groups in total. The molecule has 0 unspecified atom stereocenters. The molecule has 3 saturated heterocycles. The molecule has 3 aliphatic rings. The zero-order chi connectivity index (χ0) is 27.0. The van der Waals surface area contributed by atoms with Crippen LogP contribution in [-0.4, -0.2) is 105 Å². The molecule has 0 aromatic carbocycles. The highest BCUT2D eigenvalue weighted by Gasteiger charge is 2.44. The first-order chi connectivity index (χ1) is 18.1. The molecule has 1 amide bonds. The molecular formula is C22H27F3N8O4S. The van der Waals surface area contributed by atoms with E-state index in [9.17, 15) is 22.2 Å². The second-order valence-corrected chi connectivity index (χ2v) is 10.9. The standard InChI is InChI=1S/C22H27F3N8O4S/c1-13-16(12-31-4-8-38(35)9-5-31)33(21(34)37-13)20-28-15(10-17(29-20)32-2-6-36-7-3-32)14-11-27-19(26)30-18(14)22(23,24)25/h10-11,13,16H,2-9,12H2,1H3,(H2,26,27,30)/t13-,16+/m1/s1. The quantitative estimate of drug-likeness (QED) is 0.567. The van der Waals surface area contributed by atoms with E-state index < -0.39 is 46.9 Å². The maximum absolute atomic E-state index is 13.9. The van der Waals surface area contributed by atoms with Gasteiger partial charge in [-0.3, -0.25) is 9.11 Å². The van der Waals surface area contributed by atoms with Crippen LogP contribution in [0.4, 0.5) is 35.7 Å². The third-order valence-electron chi connectivity index (χ3n) is 6.68. The fraction of sp³-hybridized carbons (Fsp3) is 0.591. The van der Waals surface area contributed by atoms with Gasteiger partial charge in [0.05, 0.1) is 24.9 Å². The molecule has 38 heavy (non-hydrogen) atoms. The van der Waals surface area contributed by atoms with Crippen LogP contribution in [0.5, 0.6) is 0 Å². The van der Waals surface area contributed by atoms with Gasteiger partial charge in [-0.25, -0.2) is 24.6 Å². The second-order valence-electron chi connectivity index (χ2n) is 9.17. The van der Waals surface area contributed by atoms with E-state index in [1.54, 1.807) is 6.92 Å². The molecule has 2 aromatic rings. The Morgan fingerprint density at radius 2 is 1.84 bits per heavy atom. The van der Waals surface area contributed by atoms with E-state index in [0.717, 1.165) is 6.20 Å². The molecule has 3 aliphatic heterocycles. The van der Waals surface area contributed by atoms with E-state index >= 15 is 0 Å². The Balaban J connectivity index is 1.58. The van der Waals surface area contributed by atoms with Crippen LogP contribution in [0.25, 0.3) is 11.3 Å². The maximum atomic E-state index is 13.9. The first-order valence-electron chi connectivity index (χ1n) is 12.1. The first-order valence-corrected chi connectivity index (χ1v) is 13.6. The number of halogens is 3. The Hall–Kier alpha value is -3.11. The molecule has 0 aliphatic carbocycles. The number of nitrogens with zero attached hydrogens (tertiary/aromatic N) is 7. The summed E-state index contributed by atoms with van der Waals surface area (Å²) in [5.41, 5.74) is 3.72. The minimum atomic E-state index is -4.82. The van der Waals surface area contributed by atoms with Crippen molar-refractivity contribution >= 4 is 34.6 Å². The molecule has 16 heteroatoms. The summed E-state index contributed by atoms with van der Waals surface area (Å²) in [6.45, 7) is 5.07. The lowest BCUT2D eigenvalue weighted by molar-refractivity contribution is -0.140. The Morgan fingerprint density at radius 1 is 1.13 bits per heavy atom. The summed E-state index contributed by atoms with van der Waals surface area (Å²) in [7, 11) is -0.873. The van der Waals surface area contributed by atoms with E-state index in [-0.39, 0.29) is 17.2 Å². The summed E-state index contributed by atoms with van der Waals surface area (Å²) < 4.78 is 64.4. The molecule has 0 spiro atoms. The summed E-state index contributed by atoms with van der Waals surface area (Å²) in [6, 6.07) is 0.908. The fourth-order valence-corrected chi connectivity index (χ4v) is 5.77. The molecule has 2 atom stereocenters. The van der Waals surface area contributed by atoms with Crippen molar-refractivity contribution in [1.29, 1.82) is 0 Å². The van der Waals surface area contributed by atoms with Crippen LogP contribution in [0.2, 0.25) is 0 Å². The number of carbonyl (C=O) groups excluding carboxylic acids is 1. The molecule has 5 heterocycles. The minimum Gasteiger partial charge on any atom is -0.444 e. The fourth-order valence-electron chi connectivity index (χ4n) is 4.64. The number of carbonyl (C=O) groups is 1. The Kier molecular flexibility index (Phi) is 7.37.